The summed E-state index contributed by atoms with van der Waals surface area (Å²) in [7, 11) is 1.86. The molecule has 130 valence electrons. The summed E-state index contributed by atoms with van der Waals surface area (Å²) in [6, 6.07) is -0.479. The molecule has 0 aromatic carbocycles. The summed E-state index contributed by atoms with van der Waals surface area (Å²) in [6.07, 6.45) is 3.35. The van der Waals surface area contributed by atoms with Crippen molar-refractivity contribution in [1.29, 1.82) is 0 Å². The van der Waals surface area contributed by atoms with Crippen molar-refractivity contribution in [1.82, 2.24) is 24.6 Å². The number of nitrogens with two attached hydrogens (primary N) is 1. The molecular formula is C16H25N7O. The van der Waals surface area contributed by atoms with Crippen LogP contribution < -0.4 is 10.6 Å². The van der Waals surface area contributed by atoms with Gasteiger partial charge in [0.15, 0.2) is 5.65 Å². The van der Waals surface area contributed by atoms with Crippen molar-refractivity contribution in [2.24, 2.45) is 18.2 Å². The Morgan fingerprint density at radius 2 is 1.88 bits per heavy atom. The van der Waals surface area contributed by atoms with E-state index in [-0.39, 0.29) is 11.3 Å². The number of piperazine rings is 1. The third kappa shape index (κ3) is 2.93. The average Bonchev–Trinajstić information content (AvgIpc) is 2.94. The van der Waals surface area contributed by atoms with Gasteiger partial charge in [-0.2, -0.15) is 5.10 Å². The van der Waals surface area contributed by atoms with Crippen LogP contribution in [0.15, 0.2) is 12.5 Å². The first-order valence-corrected chi connectivity index (χ1v) is 8.21. The van der Waals surface area contributed by atoms with Gasteiger partial charge in [-0.1, -0.05) is 20.8 Å². The largest absolute Gasteiger partial charge is 0.352 e. The fraction of sp³-hybridized carbons (Fsp3) is 0.625. The molecule has 0 bridgehead atoms. The van der Waals surface area contributed by atoms with E-state index < -0.39 is 6.04 Å². The van der Waals surface area contributed by atoms with Crippen molar-refractivity contribution in [2.75, 3.05) is 31.1 Å². The molecule has 0 radical (unpaired) electrons. The van der Waals surface area contributed by atoms with E-state index in [9.17, 15) is 4.79 Å². The molecule has 1 saturated heterocycles. The first-order valence-electron chi connectivity index (χ1n) is 8.21. The lowest BCUT2D eigenvalue weighted by Gasteiger charge is -2.38. The summed E-state index contributed by atoms with van der Waals surface area (Å²) in [5.41, 5.74) is 6.69. The Hall–Kier alpha value is -2.22. The lowest BCUT2D eigenvalue weighted by atomic mass is 9.86. The van der Waals surface area contributed by atoms with Crippen LogP contribution in [0.25, 0.3) is 11.0 Å². The zero-order valence-corrected chi connectivity index (χ0v) is 14.7. The van der Waals surface area contributed by atoms with E-state index in [1.807, 2.05) is 32.7 Å². The molecule has 0 unspecified atom stereocenters. The normalized spacial score (nSPS) is 17.4. The van der Waals surface area contributed by atoms with Crippen LogP contribution in [-0.2, 0) is 11.8 Å². The summed E-state index contributed by atoms with van der Waals surface area (Å²) in [4.78, 5) is 25.3. The van der Waals surface area contributed by atoms with E-state index in [0.29, 0.717) is 13.1 Å². The third-order valence-corrected chi connectivity index (χ3v) is 4.60. The Bertz CT molecular complexity index is 740. The van der Waals surface area contributed by atoms with Crippen molar-refractivity contribution in [3.8, 4) is 0 Å². The third-order valence-electron chi connectivity index (χ3n) is 4.60. The molecule has 1 atom stereocenters. The second kappa shape index (κ2) is 6.01. The van der Waals surface area contributed by atoms with Crippen LogP contribution in [-0.4, -0.2) is 62.8 Å². The zero-order valence-electron chi connectivity index (χ0n) is 14.7. The number of hydrogen-bond acceptors (Lipinski definition) is 6. The van der Waals surface area contributed by atoms with Gasteiger partial charge in [-0.25, -0.2) is 9.97 Å². The van der Waals surface area contributed by atoms with Gasteiger partial charge in [0.2, 0.25) is 5.91 Å². The molecular weight excluding hydrogens is 306 g/mol. The molecule has 1 aliphatic rings. The standard InChI is InChI=1S/C16H25N7O/c1-16(2,3)12(17)15(24)23-7-5-22(6-8-23)14-11-9-20-21(4)13(11)18-10-19-14/h9-10,12H,5-8,17H2,1-4H3/t12-/m1/s1. The maximum absolute atomic E-state index is 12.5. The van der Waals surface area contributed by atoms with E-state index in [1.54, 1.807) is 17.2 Å². The van der Waals surface area contributed by atoms with Gasteiger partial charge in [0.25, 0.3) is 0 Å². The molecule has 1 aliphatic heterocycles. The van der Waals surface area contributed by atoms with Crippen molar-refractivity contribution >= 4 is 22.8 Å². The van der Waals surface area contributed by atoms with Gasteiger partial charge in [0, 0.05) is 33.2 Å². The number of rotatable bonds is 2. The molecule has 0 spiro atoms. The van der Waals surface area contributed by atoms with Crippen LogP contribution in [0.2, 0.25) is 0 Å². The molecule has 2 aromatic heterocycles. The number of amides is 1. The molecule has 0 aliphatic carbocycles. The topological polar surface area (TPSA) is 93.2 Å². The van der Waals surface area contributed by atoms with E-state index in [0.717, 1.165) is 29.9 Å². The molecule has 3 heterocycles. The fourth-order valence-corrected chi connectivity index (χ4v) is 2.91. The second-order valence-electron chi connectivity index (χ2n) is 7.36. The van der Waals surface area contributed by atoms with Gasteiger partial charge < -0.3 is 15.5 Å². The Morgan fingerprint density at radius 1 is 1.21 bits per heavy atom. The van der Waals surface area contributed by atoms with Gasteiger partial charge >= 0.3 is 0 Å². The predicted molar refractivity (Wildman–Crippen MR) is 92.5 cm³/mol. The first kappa shape index (κ1) is 16.6. The number of anilines is 1. The summed E-state index contributed by atoms with van der Waals surface area (Å²) in [5, 5.41) is 5.19. The lowest BCUT2D eigenvalue weighted by Crippen LogP contribution is -2.56. The number of hydrogen-bond donors (Lipinski definition) is 1. The summed E-state index contributed by atoms with van der Waals surface area (Å²) in [5.74, 6) is 0.900. The molecule has 0 saturated carbocycles. The monoisotopic (exact) mass is 331 g/mol. The average molecular weight is 331 g/mol. The van der Waals surface area contributed by atoms with Crippen LogP contribution in [0, 0.1) is 5.41 Å². The number of carbonyl (C=O) groups excluding carboxylic acids is 1. The highest BCUT2D eigenvalue weighted by Crippen LogP contribution is 2.24. The van der Waals surface area contributed by atoms with E-state index in [1.165, 1.54) is 0 Å². The Morgan fingerprint density at radius 3 is 2.50 bits per heavy atom. The van der Waals surface area contributed by atoms with Gasteiger partial charge in [-0.05, 0) is 5.41 Å². The van der Waals surface area contributed by atoms with E-state index >= 15 is 0 Å². The minimum Gasteiger partial charge on any atom is -0.352 e. The summed E-state index contributed by atoms with van der Waals surface area (Å²) < 4.78 is 1.74. The highest BCUT2D eigenvalue weighted by Gasteiger charge is 2.33. The number of carbonyl (C=O) groups is 1. The highest BCUT2D eigenvalue weighted by atomic mass is 16.2. The number of fused-ring (bicyclic) bond motifs is 1. The second-order valence-corrected chi connectivity index (χ2v) is 7.36. The molecule has 1 fully saturated rings. The maximum atomic E-state index is 12.5. The molecule has 3 rings (SSSR count). The SMILES string of the molecule is Cn1ncc2c(N3CCN(C(=O)[C@@H](N)C(C)(C)C)CC3)ncnc21. The van der Waals surface area contributed by atoms with Crippen molar-refractivity contribution in [3.63, 3.8) is 0 Å². The highest BCUT2D eigenvalue weighted by molar-refractivity contribution is 5.87. The Kier molecular flexibility index (Phi) is 4.16. The minimum absolute atomic E-state index is 0.0244. The lowest BCUT2D eigenvalue weighted by molar-refractivity contribution is -0.135. The van der Waals surface area contributed by atoms with Crippen LogP contribution >= 0.6 is 0 Å². The van der Waals surface area contributed by atoms with Crippen molar-refractivity contribution < 1.29 is 4.79 Å². The molecule has 24 heavy (non-hydrogen) atoms. The fourth-order valence-electron chi connectivity index (χ4n) is 2.91. The van der Waals surface area contributed by atoms with Gasteiger partial charge in [0.05, 0.1) is 17.6 Å². The van der Waals surface area contributed by atoms with E-state index in [2.05, 4.69) is 20.0 Å². The maximum Gasteiger partial charge on any atom is 0.240 e. The minimum atomic E-state index is -0.479. The summed E-state index contributed by atoms with van der Waals surface area (Å²) >= 11 is 0. The van der Waals surface area contributed by atoms with Crippen LogP contribution in [0.5, 0.6) is 0 Å². The number of aromatic nitrogens is 4. The molecule has 2 N–H and O–H groups in total. The number of aryl methyl sites for hydroxylation is 1. The predicted octanol–water partition coefficient (Wildman–Crippen LogP) is 0.385. The smallest absolute Gasteiger partial charge is 0.240 e. The first-order chi connectivity index (χ1) is 11.3. The van der Waals surface area contributed by atoms with Gasteiger partial charge in [0.1, 0.15) is 12.1 Å². The summed E-state index contributed by atoms with van der Waals surface area (Å²) in [6.45, 7) is 8.72. The Labute approximate surface area is 141 Å². The molecule has 8 nitrogen and oxygen atoms in total. The number of nitrogens with zero attached hydrogens (tertiary/aromatic N) is 6. The Balaban J connectivity index is 1.72. The van der Waals surface area contributed by atoms with Crippen LogP contribution in [0.3, 0.4) is 0 Å². The zero-order chi connectivity index (χ0) is 17.5. The van der Waals surface area contributed by atoms with Crippen LogP contribution in [0.4, 0.5) is 5.82 Å². The van der Waals surface area contributed by atoms with Gasteiger partial charge in [-0.15, -0.1) is 0 Å². The van der Waals surface area contributed by atoms with Crippen molar-refractivity contribution in [3.05, 3.63) is 12.5 Å². The molecule has 8 heteroatoms. The van der Waals surface area contributed by atoms with Crippen molar-refractivity contribution in [2.45, 2.75) is 26.8 Å². The van der Waals surface area contributed by atoms with Gasteiger partial charge in [-0.3, -0.25) is 9.48 Å². The molecule has 1 amide bonds. The van der Waals surface area contributed by atoms with Crippen LogP contribution in [0.1, 0.15) is 20.8 Å². The van der Waals surface area contributed by atoms with E-state index in [4.69, 9.17) is 5.73 Å². The molecule has 2 aromatic rings. The quantitative estimate of drug-likeness (QED) is 0.855.